The van der Waals surface area contributed by atoms with Crippen LogP contribution in [0.4, 0.5) is 4.79 Å². The van der Waals surface area contributed by atoms with E-state index in [1.54, 1.807) is 6.20 Å². The number of imidazole rings is 1. The smallest absolute Gasteiger partial charge is 0.453 e. The molecular formula is C32H39BN6O5. The molecule has 2 aliphatic rings. The third-order valence-electron chi connectivity index (χ3n) is 9.13. The molecule has 2 amide bonds. The molecular weight excluding hydrogens is 559 g/mol. The van der Waals surface area contributed by atoms with Crippen molar-refractivity contribution in [1.29, 1.82) is 0 Å². The van der Waals surface area contributed by atoms with Crippen molar-refractivity contribution in [2.24, 2.45) is 5.92 Å². The summed E-state index contributed by atoms with van der Waals surface area (Å²) in [6, 6.07) is 10.9. The zero-order valence-corrected chi connectivity index (χ0v) is 26.3. The van der Waals surface area contributed by atoms with E-state index in [1.807, 2.05) is 82.8 Å². The summed E-state index contributed by atoms with van der Waals surface area (Å²) >= 11 is 0. The number of amides is 2. The van der Waals surface area contributed by atoms with Gasteiger partial charge in [0.25, 0.3) is 0 Å². The third-order valence-corrected chi connectivity index (χ3v) is 9.13. The molecule has 2 atom stereocenters. The Hall–Kier alpha value is -4.03. The number of benzene rings is 2. The van der Waals surface area contributed by atoms with Crippen molar-refractivity contribution in [3.8, 4) is 11.3 Å². The summed E-state index contributed by atoms with van der Waals surface area (Å²) in [5, 5.41) is 2.69. The number of methoxy groups -OCH3 is 1. The number of ether oxygens (including phenoxy) is 1. The fourth-order valence-electron chi connectivity index (χ4n) is 5.83. The van der Waals surface area contributed by atoms with Crippen molar-refractivity contribution in [2.45, 2.75) is 77.7 Å². The van der Waals surface area contributed by atoms with E-state index in [0.717, 1.165) is 57.5 Å². The van der Waals surface area contributed by atoms with E-state index in [9.17, 15) is 9.59 Å². The number of fused-ring (bicyclic) bond motifs is 2. The lowest BCUT2D eigenvalue weighted by Gasteiger charge is -2.32. The van der Waals surface area contributed by atoms with Crippen LogP contribution >= 0.6 is 0 Å². The molecule has 0 aliphatic carbocycles. The van der Waals surface area contributed by atoms with Crippen LogP contribution in [0.15, 0.2) is 42.6 Å². The van der Waals surface area contributed by atoms with Crippen LogP contribution in [0, 0.1) is 5.92 Å². The number of nitrogens with zero attached hydrogens (tertiary/aromatic N) is 4. The van der Waals surface area contributed by atoms with Gasteiger partial charge < -0.3 is 29.2 Å². The van der Waals surface area contributed by atoms with E-state index in [-0.39, 0.29) is 17.9 Å². The quantitative estimate of drug-likeness (QED) is 0.310. The summed E-state index contributed by atoms with van der Waals surface area (Å²) in [6.07, 6.45) is 2.79. The van der Waals surface area contributed by atoms with Gasteiger partial charge in [-0.25, -0.2) is 14.8 Å². The molecule has 44 heavy (non-hydrogen) atoms. The van der Waals surface area contributed by atoms with Gasteiger partial charge in [0.15, 0.2) is 0 Å². The van der Waals surface area contributed by atoms with E-state index in [0.29, 0.717) is 6.54 Å². The van der Waals surface area contributed by atoms with E-state index >= 15 is 0 Å². The van der Waals surface area contributed by atoms with E-state index < -0.39 is 30.5 Å². The first-order chi connectivity index (χ1) is 20.9. The average molecular weight is 599 g/mol. The minimum atomic E-state index is -0.682. The molecule has 0 spiro atoms. The molecule has 2 aromatic carbocycles. The highest BCUT2D eigenvalue weighted by Crippen LogP contribution is 2.37. The first-order valence-electron chi connectivity index (χ1n) is 15.1. The van der Waals surface area contributed by atoms with Gasteiger partial charge in [-0.2, -0.15) is 0 Å². The molecule has 230 valence electrons. The Morgan fingerprint density at radius 1 is 1.05 bits per heavy atom. The number of hydrogen-bond donors (Lipinski definition) is 2. The molecule has 2 N–H and O–H groups in total. The fraction of sp³-hybridized carbons (Fsp3) is 0.469. The Morgan fingerprint density at radius 2 is 1.77 bits per heavy atom. The SMILES string of the molecule is COC(=O)N[C@H](C(=O)N1CCC[C@H]1c1nc2ccc(-c3cnc4cc(B5OC(C)(C)C(C)(C)O5)ccc4n3)cc2[nH]1)C(C)C. The van der Waals surface area contributed by atoms with Crippen LogP contribution in [0.2, 0.25) is 0 Å². The number of alkyl carbamates (subject to hydrolysis) is 1. The maximum atomic E-state index is 13.5. The van der Waals surface area contributed by atoms with Crippen molar-refractivity contribution < 1.29 is 23.6 Å². The van der Waals surface area contributed by atoms with Crippen LogP contribution in [-0.2, 0) is 18.8 Å². The van der Waals surface area contributed by atoms with Crippen molar-refractivity contribution in [1.82, 2.24) is 30.2 Å². The second kappa shape index (κ2) is 11.2. The number of nitrogens with one attached hydrogen (secondary N) is 2. The van der Waals surface area contributed by atoms with E-state index in [4.69, 9.17) is 29.0 Å². The summed E-state index contributed by atoms with van der Waals surface area (Å²) in [5.74, 6) is 0.491. The lowest BCUT2D eigenvalue weighted by Crippen LogP contribution is -2.51. The van der Waals surface area contributed by atoms with Gasteiger partial charge >= 0.3 is 13.2 Å². The summed E-state index contributed by atoms with van der Waals surface area (Å²) in [6.45, 7) is 12.6. The average Bonchev–Trinajstić information content (AvgIpc) is 3.69. The van der Waals surface area contributed by atoms with Gasteiger partial charge in [0.05, 0.1) is 58.3 Å². The van der Waals surface area contributed by atoms with Gasteiger partial charge in [-0.3, -0.25) is 9.78 Å². The molecule has 2 saturated heterocycles. The van der Waals surface area contributed by atoms with Gasteiger partial charge in [-0.1, -0.05) is 26.0 Å². The molecule has 4 aromatic rings. The summed E-state index contributed by atoms with van der Waals surface area (Å²) in [5.41, 5.74) is 4.90. The van der Waals surface area contributed by atoms with E-state index in [1.165, 1.54) is 7.11 Å². The highest BCUT2D eigenvalue weighted by atomic mass is 16.7. The zero-order valence-electron chi connectivity index (χ0n) is 26.3. The van der Waals surface area contributed by atoms with Gasteiger partial charge in [-0.15, -0.1) is 0 Å². The van der Waals surface area contributed by atoms with Crippen LogP contribution in [0.5, 0.6) is 0 Å². The number of hydrogen-bond acceptors (Lipinski definition) is 8. The number of carbonyl (C=O) groups is 2. The van der Waals surface area contributed by atoms with Crippen LogP contribution in [0.3, 0.4) is 0 Å². The number of likely N-dealkylation sites (tertiary alicyclic amines) is 1. The first kappa shape index (κ1) is 30.0. The first-order valence-corrected chi connectivity index (χ1v) is 15.1. The predicted molar refractivity (Wildman–Crippen MR) is 168 cm³/mol. The normalized spacial score (nSPS) is 20.0. The molecule has 0 saturated carbocycles. The summed E-state index contributed by atoms with van der Waals surface area (Å²) < 4.78 is 17.2. The third kappa shape index (κ3) is 5.41. The minimum absolute atomic E-state index is 0.0978. The largest absolute Gasteiger partial charge is 0.494 e. The van der Waals surface area contributed by atoms with E-state index in [2.05, 4.69) is 10.3 Å². The molecule has 0 radical (unpaired) electrons. The molecule has 2 aliphatic heterocycles. The van der Waals surface area contributed by atoms with Crippen LogP contribution in [0.25, 0.3) is 33.3 Å². The molecule has 12 heteroatoms. The minimum Gasteiger partial charge on any atom is -0.453 e. The second-order valence-corrected chi connectivity index (χ2v) is 13.0. The standard InChI is InChI=1S/C32H39BN6O5/c1-18(2)27(38-30(41)42-7)29(40)39-14-8-9-26(39)28-36-22-12-10-19(15-24(22)37-28)25-17-34-23-16-20(11-13-21(23)35-25)33-43-31(3,4)32(5,6)44-33/h10-13,15-18,26-27H,8-9,14H2,1-7H3,(H,36,37)(H,38,41)/t26-,27-/m0/s1. The Labute approximate surface area is 257 Å². The zero-order chi connectivity index (χ0) is 31.4. The second-order valence-electron chi connectivity index (χ2n) is 13.0. The fourth-order valence-corrected chi connectivity index (χ4v) is 5.83. The Kier molecular flexibility index (Phi) is 7.61. The lowest BCUT2D eigenvalue weighted by atomic mass is 9.79. The van der Waals surface area contributed by atoms with Gasteiger partial charge in [0.2, 0.25) is 5.91 Å². The van der Waals surface area contributed by atoms with Crippen molar-refractivity contribution in [3.05, 3.63) is 48.4 Å². The highest BCUT2D eigenvalue weighted by molar-refractivity contribution is 6.62. The molecule has 2 fully saturated rings. The van der Waals surface area contributed by atoms with Gasteiger partial charge in [0, 0.05) is 12.1 Å². The molecule has 6 rings (SSSR count). The Bertz CT molecular complexity index is 1720. The van der Waals surface area contributed by atoms with Crippen molar-refractivity contribution in [3.63, 3.8) is 0 Å². The molecule has 0 unspecified atom stereocenters. The van der Waals surface area contributed by atoms with Crippen molar-refractivity contribution in [2.75, 3.05) is 13.7 Å². The Balaban J connectivity index is 1.23. The number of rotatable bonds is 6. The number of H-pyrrole nitrogens is 1. The summed E-state index contributed by atoms with van der Waals surface area (Å²) in [4.78, 5) is 45.1. The Morgan fingerprint density at radius 3 is 2.48 bits per heavy atom. The monoisotopic (exact) mass is 598 g/mol. The number of carbonyl (C=O) groups excluding carboxylic acids is 2. The van der Waals surface area contributed by atoms with Crippen LogP contribution < -0.4 is 10.8 Å². The molecule has 2 aromatic heterocycles. The van der Waals surface area contributed by atoms with Gasteiger partial charge in [-0.05, 0) is 76.2 Å². The summed E-state index contributed by atoms with van der Waals surface area (Å²) in [7, 11) is 0.829. The predicted octanol–water partition coefficient (Wildman–Crippen LogP) is 4.52. The van der Waals surface area contributed by atoms with Crippen molar-refractivity contribution >= 4 is 46.6 Å². The molecule has 11 nitrogen and oxygen atoms in total. The number of aromatic amines is 1. The van der Waals surface area contributed by atoms with Crippen LogP contribution in [-0.4, -0.2) is 74.9 Å². The maximum absolute atomic E-state index is 13.5. The highest BCUT2D eigenvalue weighted by Gasteiger charge is 2.51. The van der Waals surface area contributed by atoms with Crippen LogP contribution in [0.1, 0.15) is 66.3 Å². The lowest BCUT2D eigenvalue weighted by molar-refractivity contribution is -0.135. The maximum Gasteiger partial charge on any atom is 0.494 e. The topological polar surface area (TPSA) is 132 Å². The molecule has 4 heterocycles. The van der Waals surface area contributed by atoms with Gasteiger partial charge in [0.1, 0.15) is 11.9 Å². The molecule has 0 bridgehead atoms. The number of aromatic nitrogens is 4.